The Morgan fingerprint density at radius 1 is 1.07 bits per heavy atom. The highest BCUT2D eigenvalue weighted by molar-refractivity contribution is 5.70. The van der Waals surface area contributed by atoms with Crippen LogP contribution in [0.25, 0.3) is 0 Å². The van der Waals surface area contributed by atoms with Crippen molar-refractivity contribution in [2.75, 3.05) is 43.4 Å². The molecule has 6 nitrogen and oxygen atoms in total. The number of piperazine rings is 1. The first-order valence-electron chi connectivity index (χ1n) is 10.2. The molecule has 1 aliphatic heterocycles. The summed E-state index contributed by atoms with van der Waals surface area (Å²) in [4.78, 5) is 16.0. The van der Waals surface area contributed by atoms with E-state index in [-0.39, 0.29) is 16.7 Å². The van der Waals surface area contributed by atoms with Crippen LogP contribution in [0.2, 0.25) is 0 Å². The van der Waals surface area contributed by atoms with Crippen LogP contribution in [0.1, 0.15) is 36.4 Å². The number of nitro benzene ring substituents is 1. The first-order chi connectivity index (χ1) is 13.6. The molecule has 4 rings (SSSR count). The summed E-state index contributed by atoms with van der Waals surface area (Å²) in [6.45, 7) is 3.91. The molecule has 1 heterocycles. The summed E-state index contributed by atoms with van der Waals surface area (Å²) in [6, 6.07) is 14.1. The maximum atomic E-state index is 11.7. The van der Waals surface area contributed by atoms with Crippen molar-refractivity contribution >= 4 is 17.1 Å². The Bertz CT molecular complexity index is 846. The van der Waals surface area contributed by atoms with Crippen LogP contribution in [0.3, 0.4) is 0 Å². The summed E-state index contributed by atoms with van der Waals surface area (Å²) >= 11 is 0. The molecular formula is C22H28N4O2. The molecule has 1 aliphatic carbocycles. The van der Waals surface area contributed by atoms with Gasteiger partial charge in [0, 0.05) is 37.9 Å². The molecule has 1 N–H and O–H groups in total. The minimum atomic E-state index is -0.279. The standard InChI is InChI=1S/C22H28N4O2/c1-24-12-14-25(15-13-24)18-10-11-22(26(27)28)21(16-18)23-20-9-5-3-7-17-6-2-4-8-19(17)20/h2,4,6,8,10-11,16,20,23H,3,5,7,9,12-15H2,1H3/t20-/m0/s1. The third-order valence-electron chi connectivity index (χ3n) is 5.99. The molecule has 2 aliphatic rings. The second-order valence-electron chi connectivity index (χ2n) is 7.89. The van der Waals surface area contributed by atoms with Crippen LogP contribution < -0.4 is 10.2 Å². The first-order valence-corrected chi connectivity index (χ1v) is 10.2. The Hall–Kier alpha value is -2.60. The van der Waals surface area contributed by atoms with Crippen LogP contribution in [0.4, 0.5) is 17.1 Å². The van der Waals surface area contributed by atoms with Crippen LogP contribution in [-0.4, -0.2) is 43.0 Å². The van der Waals surface area contributed by atoms with Crippen molar-refractivity contribution < 1.29 is 4.92 Å². The van der Waals surface area contributed by atoms with Crippen molar-refractivity contribution in [1.82, 2.24) is 4.90 Å². The fraction of sp³-hybridized carbons (Fsp3) is 0.455. The number of hydrogen-bond donors (Lipinski definition) is 1. The number of benzene rings is 2. The number of hydrogen-bond acceptors (Lipinski definition) is 5. The quantitative estimate of drug-likeness (QED) is 0.489. The Morgan fingerprint density at radius 3 is 2.64 bits per heavy atom. The Labute approximate surface area is 166 Å². The van der Waals surface area contributed by atoms with Gasteiger partial charge in [-0.25, -0.2) is 0 Å². The molecule has 0 unspecified atom stereocenters. The van der Waals surface area contributed by atoms with E-state index in [1.54, 1.807) is 6.07 Å². The summed E-state index contributed by atoms with van der Waals surface area (Å²) in [6.07, 6.45) is 4.36. The maximum absolute atomic E-state index is 11.7. The fourth-order valence-electron chi connectivity index (χ4n) is 4.32. The molecule has 0 saturated carbocycles. The van der Waals surface area contributed by atoms with Crippen LogP contribution in [-0.2, 0) is 6.42 Å². The molecular weight excluding hydrogens is 352 g/mol. The Balaban J connectivity index is 1.64. The largest absolute Gasteiger partial charge is 0.373 e. The van der Waals surface area contributed by atoms with E-state index in [1.807, 2.05) is 12.1 Å². The van der Waals surface area contributed by atoms with Crippen molar-refractivity contribution in [1.29, 1.82) is 0 Å². The summed E-state index contributed by atoms with van der Waals surface area (Å²) in [5.74, 6) is 0. The third-order valence-corrected chi connectivity index (χ3v) is 5.99. The topological polar surface area (TPSA) is 61.7 Å². The molecule has 0 amide bonds. The number of nitro groups is 1. The molecule has 148 valence electrons. The number of likely N-dealkylation sites (N-methyl/N-ethyl adjacent to an activating group) is 1. The van der Waals surface area contributed by atoms with Crippen LogP contribution in [0.5, 0.6) is 0 Å². The van der Waals surface area contributed by atoms with E-state index in [0.717, 1.165) is 51.1 Å². The van der Waals surface area contributed by atoms with E-state index in [4.69, 9.17) is 0 Å². The zero-order valence-electron chi connectivity index (χ0n) is 16.4. The smallest absolute Gasteiger partial charge is 0.292 e. The van der Waals surface area contributed by atoms with Gasteiger partial charge in [0.25, 0.3) is 5.69 Å². The van der Waals surface area contributed by atoms with Crippen LogP contribution >= 0.6 is 0 Å². The van der Waals surface area contributed by atoms with E-state index < -0.39 is 0 Å². The fourth-order valence-corrected chi connectivity index (χ4v) is 4.32. The number of anilines is 2. The van der Waals surface area contributed by atoms with Gasteiger partial charge in [-0.1, -0.05) is 30.7 Å². The highest BCUT2D eigenvalue weighted by Crippen LogP contribution is 2.36. The lowest BCUT2D eigenvalue weighted by Gasteiger charge is -2.34. The average Bonchev–Trinajstić information content (AvgIpc) is 2.91. The molecule has 0 aromatic heterocycles. The van der Waals surface area contributed by atoms with Crippen LogP contribution in [0, 0.1) is 10.1 Å². The number of nitrogens with one attached hydrogen (secondary N) is 1. The highest BCUT2D eigenvalue weighted by atomic mass is 16.6. The van der Waals surface area contributed by atoms with Gasteiger partial charge in [-0.2, -0.15) is 0 Å². The van der Waals surface area contributed by atoms with Gasteiger partial charge in [0.2, 0.25) is 0 Å². The molecule has 0 spiro atoms. The van der Waals surface area contributed by atoms with Gasteiger partial charge in [0.15, 0.2) is 0 Å². The summed E-state index contributed by atoms with van der Waals surface area (Å²) in [5, 5.41) is 15.2. The van der Waals surface area contributed by atoms with Crippen LogP contribution in [0.15, 0.2) is 42.5 Å². The monoisotopic (exact) mass is 380 g/mol. The van der Waals surface area contributed by atoms with Gasteiger partial charge in [0.05, 0.1) is 11.0 Å². The SMILES string of the molecule is CN1CCN(c2ccc([N+](=O)[O-])c(N[C@H]3CCCCc4ccccc43)c2)CC1. The first kappa shape index (κ1) is 18.7. The predicted molar refractivity (Wildman–Crippen MR) is 113 cm³/mol. The van der Waals surface area contributed by atoms with E-state index in [9.17, 15) is 10.1 Å². The molecule has 2 aromatic carbocycles. The van der Waals surface area contributed by atoms with Crippen molar-refractivity contribution in [2.45, 2.75) is 31.7 Å². The molecule has 2 aromatic rings. The third kappa shape index (κ3) is 3.97. The number of nitrogens with zero attached hydrogens (tertiary/aromatic N) is 3. The zero-order valence-corrected chi connectivity index (χ0v) is 16.4. The zero-order chi connectivity index (χ0) is 19.5. The summed E-state index contributed by atoms with van der Waals surface area (Å²) < 4.78 is 0. The molecule has 28 heavy (non-hydrogen) atoms. The van der Waals surface area contributed by atoms with Gasteiger partial charge in [-0.15, -0.1) is 0 Å². The van der Waals surface area contributed by atoms with E-state index in [1.165, 1.54) is 17.5 Å². The minimum absolute atomic E-state index is 0.111. The molecule has 6 heteroatoms. The predicted octanol–water partition coefficient (Wildman–Crippen LogP) is 4.23. The van der Waals surface area contributed by atoms with Gasteiger partial charge in [-0.3, -0.25) is 10.1 Å². The number of rotatable bonds is 4. The van der Waals surface area contributed by atoms with Crippen molar-refractivity contribution in [3.8, 4) is 0 Å². The summed E-state index contributed by atoms with van der Waals surface area (Å²) in [7, 11) is 2.13. The van der Waals surface area contributed by atoms with E-state index in [2.05, 4.69) is 46.4 Å². The second kappa shape index (κ2) is 8.19. The Kier molecular flexibility index (Phi) is 5.48. The molecule has 1 saturated heterocycles. The van der Waals surface area contributed by atoms with Gasteiger partial charge in [0.1, 0.15) is 5.69 Å². The number of aryl methyl sites for hydroxylation is 1. The van der Waals surface area contributed by atoms with E-state index in [0.29, 0.717) is 5.69 Å². The van der Waals surface area contributed by atoms with Crippen molar-refractivity contribution in [3.63, 3.8) is 0 Å². The lowest BCUT2D eigenvalue weighted by atomic mass is 9.98. The second-order valence-corrected chi connectivity index (χ2v) is 7.89. The lowest BCUT2D eigenvalue weighted by Crippen LogP contribution is -2.44. The number of fused-ring (bicyclic) bond motifs is 1. The molecule has 0 radical (unpaired) electrons. The normalized spacial score (nSPS) is 20.3. The molecule has 0 bridgehead atoms. The summed E-state index contributed by atoms with van der Waals surface area (Å²) in [5.41, 5.74) is 4.47. The van der Waals surface area contributed by atoms with Crippen molar-refractivity contribution in [2.24, 2.45) is 0 Å². The minimum Gasteiger partial charge on any atom is -0.373 e. The van der Waals surface area contributed by atoms with Gasteiger partial charge in [-0.05, 0) is 49.6 Å². The maximum Gasteiger partial charge on any atom is 0.292 e. The molecule has 1 atom stereocenters. The lowest BCUT2D eigenvalue weighted by molar-refractivity contribution is -0.384. The molecule has 1 fully saturated rings. The van der Waals surface area contributed by atoms with Gasteiger partial charge >= 0.3 is 0 Å². The van der Waals surface area contributed by atoms with Crippen molar-refractivity contribution in [3.05, 3.63) is 63.7 Å². The van der Waals surface area contributed by atoms with Gasteiger partial charge < -0.3 is 15.1 Å². The highest BCUT2D eigenvalue weighted by Gasteiger charge is 2.24. The Morgan fingerprint density at radius 2 is 1.86 bits per heavy atom. The average molecular weight is 380 g/mol. The van der Waals surface area contributed by atoms with E-state index >= 15 is 0 Å².